The van der Waals surface area contributed by atoms with Gasteiger partial charge in [-0.3, -0.25) is 4.79 Å². The first kappa shape index (κ1) is 29.5. The lowest BCUT2D eigenvalue weighted by molar-refractivity contribution is -0.149. The van der Waals surface area contributed by atoms with Gasteiger partial charge in [0, 0.05) is 51.1 Å². The van der Waals surface area contributed by atoms with Gasteiger partial charge in [0.05, 0.1) is 17.3 Å². The minimum absolute atomic E-state index is 0.127. The Morgan fingerprint density at radius 3 is 2.49 bits per heavy atom. The van der Waals surface area contributed by atoms with Gasteiger partial charge in [-0.1, -0.05) is 37.3 Å². The van der Waals surface area contributed by atoms with E-state index in [-0.39, 0.29) is 22.8 Å². The lowest BCUT2D eigenvalue weighted by Gasteiger charge is -2.46. The molecule has 1 atom stereocenters. The van der Waals surface area contributed by atoms with Gasteiger partial charge in [0.1, 0.15) is 5.60 Å². The molecule has 2 aromatic heterocycles. The zero-order chi connectivity index (χ0) is 30.4. The lowest BCUT2D eigenvalue weighted by Crippen LogP contribution is -2.55. The summed E-state index contributed by atoms with van der Waals surface area (Å²) in [6, 6.07) is 13.0. The second-order valence-electron chi connectivity index (χ2n) is 14.2. The highest BCUT2D eigenvalue weighted by Gasteiger charge is 2.46. The molecule has 5 heterocycles. The molecule has 230 valence electrons. The quantitative estimate of drug-likeness (QED) is 0.399. The van der Waals surface area contributed by atoms with E-state index in [1.807, 2.05) is 30.2 Å². The highest BCUT2D eigenvalue weighted by Crippen LogP contribution is 2.41. The van der Waals surface area contributed by atoms with Gasteiger partial charge >= 0.3 is 6.09 Å². The standard InChI is InChI=1S/C34H46N6O3/c1-25-22-27(39-19-14-33(5,24-39)26-10-7-6-8-11-26)23-40-29(25)35-28(36-40)12-18-37-17-9-13-34(30(37)41)15-20-38(21-16-34)31(42)43-32(2,3)4/h6-8,10-11,22-23H,9,12-21,24H2,1-5H3/t33-/m0/s1. The number of piperidine rings is 2. The van der Waals surface area contributed by atoms with Crippen LogP contribution in [0.4, 0.5) is 10.5 Å². The average molecular weight is 587 g/mol. The minimum atomic E-state index is -0.520. The van der Waals surface area contributed by atoms with Crippen molar-refractivity contribution in [2.45, 2.75) is 84.2 Å². The average Bonchev–Trinajstić information content (AvgIpc) is 3.58. The largest absolute Gasteiger partial charge is 0.444 e. The molecule has 9 nitrogen and oxygen atoms in total. The van der Waals surface area contributed by atoms with E-state index in [1.165, 1.54) is 11.3 Å². The summed E-state index contributed by atoms with van der Waals surface area (Å²) < 4.78 is 7.48. The van der Waals surface area contributed by atoms with Crippen molar-refractivity contribution in [2.24, 2.45) is 5.41 Å². The summed E-state index contributed by atoms with van der Waals surface area (Å²) in [6.45, 7) is 14.6. The van der Waals surface area contributed by atoms with E-state index in [0.717, 1.165) is 55.9 Å². The van der Waals surface area contributed by atoms with E-state index in [9.17, 15) is 9.59 Å². The summed E-state index contributed by atoms with van der Waals surface area (Å²) in [5, 5.41) is 4.85. The second-order valence-corrected chi connectivity index (χ2v) is 14.2. The van der Waals surface area contributed by atoms with Crippen molar-refractivity contribution in [1.82, 2.24) is 24.4 Å². The van der Waals surface area contributed by atoms with Gasteiger partial charge in [0.25, 0.3) is 0 Å². The van der Waals surface area contributed by atoms with Gasteiger partial charge in [-0.25, -0.2) is 14.3 Å². The Kier molecular flexibility index (Phi) is 7.63. The van der Waals surface area contributed by atoms with Crippen molar-refractivity contribution in [1.29, 1.82) is 0 Å². The Morgan fingerprint density at radius 1 is 1.02 bits per heavy atom. The molecule has 0 unspecified atom stereocenters. The van der Waals surface area contributed by atoms with E-state index in [0.29, 0.717) is 38.9 Å². The summed E-state index contributed by atoms with van der Waals surface area (Å²) in [5.74, 6) is 0.989. The van der Waals surface area contributed by atoms with Crippen molar-refractivity contribution in [3.8, 4) is 0 Å². The number of aromatic nitrogens is 3. The van der Waals surface area contributed by atoms with E-state index < -0.39 is 5.60 Å². The number of fused-ring (bicyclic) bond motifs is 1. The molecule has 43 heavy (non-hydrogen) atoms. The van der Waals surface area contributed by atoms with Crippen LogP contribution in [0.5, 0.6) is 0 Å². The lowest BCUT2D eigenvalue weighted by atomic mass is 9.71. The van der Waals surface area contributed by atoms with Crippen LogP contribution in [0.3, 0.4) is 0 Å². The number of amides is 2. The predicted octanol–water partition coefficient (Wildman–Crippen LogP) is 5.39. The molecule has 0 saturated carbocycles. The number of likely N-dealkylation sites (tertiary alicyclic amines) is 2. The van der Waals surface area contributed by atoms with Crippen LogP contribution in [0, 0.1) is 12.3 Å². The SMILES string of the molecule is Cc1cc(N2CC[C@](C)(c3ccccc3)C2)cn2nc(CCN3CCCC4(CCN(C(=O)OC(C)(C)C)CC4)C3=O)nc12. The monoisotopic (exact) mass is 586 g/mol. The van der Waals surface area contributed by atoms with Crippen molar-refractivity contribution in [2.75, 3.05) is 44.2 Å². The number of pyridine rings is 1. The molecule has 0 radical (unpaired) electrons. The van der Waals surface area contributed by atoms with Crippen molar-refractivity contribution in [3.05, 3.63) is 59.5 Å². The van der Waals surface area contributed by atoms with Crippen LogP contribution >= 0.6 is 0 Å². The van der Waals surface area contributed by atoms with E-state index in [4.69, 9.17) is 14.8 Å². The molecular weight excluding hydrogens is 540 g/mol. The maximum absolute atomic E-state index is 13.7. The number of anilines is 1. The van der Waals surface area contributed by atoms with Crippen LogP contribution in [0.25, 0.3) is 5.65 Å². The smallest absolute Gasteiger partial charge is 0.410 e. The van der Waals surface area contributed by atoms with E-state index >= 15 is 0 Å². The minimum Gasteiger partial charge on any atom is -0.444 e. The number of nitrogens with zero attached hydrogens (tertiary/aromatic N) is 6. The Labute approximate surface area is 255 Å². The number of ether oxygens (including phenoxy) is 1. The normalized spacial score (nSPS) is 22.5. The Balaban J connectivity index is 1.09. The van der Waals surface area contributed by atoms with Gasteiger partial charge in [0.15, 0.2) is 11.5 Å². The van der Waals surface area contributed by atoms with Crippen molar-refractivity contribution in [3.63, 3.8) is 0 Å². The zero-order valence-electron chi connectivity index (χ0n) is 26.4. The van der Waals surface area contributed by atoms with Gasteiger partial charge in [0.2, 0.25) is 5.91 Å². The summed E-state index contributed by atoms with van der Waals surface area (Å²) >= 11 is 0. The maximum Gasteiger partial charge on any atom is 0.410 e. The molecule has 3 aromatic rings. The first-order chi connectivity index (χ1) is 20.4. The number of carbonyl (C=O) groups is 2. The first-order valence-corrected chi connectivity index (χ1v) is 15.9. The summed E-state index contributed by atoms with van der Waals surface area (Å²) in [6.07, 6.45) is 6.81. The van der Waals surface area contributed by atoms with Crippen molar-refractivity contribution >= 4 is 23.3 Å². The number of hydrogen-bond acceptors (Lipinski definition) is 6. The molecule has 3 saturated heterocycles. The third kappa shape index (κ3) is 5.95. The number of benzene rings is 1. The molecule has 3 fully saturated rings. The molecule has 0 aliphatic carbocycles. The Hall–Kier alpha value is -3.62. The third-order valence-corrected chi connectivity index (χ3v) is 9.76. The molecule has 6 rings (SSSR count). The Morgan fingerprint density at radius 2 is 1.77 bits per heavy atom. The van der Waals surface area contributed by atoms with Crippen LogP contribution in [0.1, 0.15) is 76.8 Å². The van der Waals surface area contributed by atoms with Gasteiger partial charge in [-0.2, -0.15) is 5.10 Å². The first-order valence-electron chi connectivity index (χ1n) is 15.9. The second kappa shape index (κ2) is 11.1. The fraction of sp³-hybridized carbons (Fsp3) is 0.588. The van der Waals surface area contributed by atoms with Crippen LogP contribution in [-0.2, 0) is 21.4 Å². The van der Waals surface area contributed by atoms with E-state index in [1.54, 1.807) is 4.90 Å². The predicted molar refractivity (Wildman–Crippen MR) is 167 cm³/mol. The number of hydrogen-bond donors (Lipinski definition) is 0. The summed E-state index contributed by atoms with van der Waals surface area (Å²) in [4.78, 5) is 37.4. The topological polar surface area (TPSA) is 83.3 Å². The molecular formula is C34H46N6O3. The highest BCUT2D eigenvalue weighted by atomic mass is 16.6. The van der Waals surface area contributed by atoms with E-state index in [2.05, 4.69) is 61.3 Å². The number of carbonyl (C=O) groups excluding carboxylic acids is 2. The molecule has 0 bridgehead atoms. The fourth-order valence-electron chi connectivity index (χ4n) is 7.22. The van der Waals surface area contributed by atoms with Gasteiger partial charge < -0.3 is 19.4 Å². The molecule has 1 aromatic carbocycles. The van der Waals surface area contributed by atoms with Crippen molar-refractivity contribution < 1.29 is 14.3 Å². The fourth-order valence-corrected chi connectivity index (χ4v) is 7.22. The molecule has 0 N–H and O–H groups in total. The van der Waals surface area contributed by atoms with Crippen LogP contribution in [0.2, 0.25) is 0 Å². The van der Waals surface area contributed by atoms with Crippen LogP contribution in [-0.4, -0.2) is 81.3 Å². The van der Waals surface area contributed by atoms with Crippen LogP contribution in [0.15, 0.2) is 42.6 Å². The molecule has 3 aliphatic rings. The van der Waals surface area contributed by atoms with Crippen LogP contribution < -0.4 is 4.90 Å². The maximum atomic E-state index is 13.7. The number of aryl methyl sites for hydroxylation is 1. The molecule has 3 aliphatic heterocycles. The molecule has 9 heteroatoms. The summed E-state index contributed by atoms with van der Waals surface area (Å²) in [7, 11) is 0. The van der Waals surface area contributed by atoms with Gasteiger partial charge in [-0.05, 0) is 77.0 Å². The van der Waals surface area contributed by atoms with Gasteiger partial charge in [-0.15, -0.1) is 0 Å². The highest BCUT2D eigenvalue weighted by molar-refractivity contribution is 5.84. The third-order valence-electron chi connectivity index (χ3n) is 9.76. The zero-order valence-corrected chi connectivity index (χ0v) is 26.4. The number of rotatable bonds is 5. The molecule has 1 spiro atoms. The molecule has 2 amide bonds. The Bertz CT molecular complexity index is 1490. The summed E-state index contributed by atoms with van der Waals surface area (Å²) in [5.41, 5.74) is 3.77.